The summed E-state index contributed by atoms with van der Waals surface area (Å²) < 4.78 is 0. The van der Waals surface area contributed by atoms with Gasteiger partial charge in [0.1, 0.15) is 5.75 Å². The first-order valence-corrected chi connectivity index (χ1v) is 4.88. The Bertz CT molecular complexity index is 326. The molecule has 0 atom stereocenters. The van der Waals surface area contributed by atoms with Crippen LogP contribution in [0.2, 0.25) is 0 Å². The van der Waals surface area contributed by atoms with Crippen molar-refractivity contribution in [3.8, 4) is 5.75 Å². The summed E-state index contributed by atoms with van der Waals surface area (Å²) in [7, 11) is 0. The van der Waals surface area contributed by atoms with Crippen LogP contribution in [0.5, 0.6) is 5.75 Å². The molecule has 1 aromatic carbocycles. The van der Waals surface area contributed by atoms with Crippen molar-refractivity contribution in [1.29, 1.82) is 0 Å². The Morgan fingerprint density at radius 2 is 2.07 bits per heavy atom. The molecular formula is C10H12ClNO2. The van der Waals surface area contributed by atoms with E-state index in [1.807, 2.05) is 0 Å². The van der Waals surface area contributed by atoms with Gasteiger partial charge in [0.05, 0.1) is 5.71 Å². The van der Waals surface area contributed by atoms with Crippen molar-refractivity contribution in [2.45, 2.75) is 12.8 Å². The Kier molecular flexibility index (Phi) is 4.26. The topological polar surface area (TPSA) is 52.8 Å². The highest BCUT2D eigenvalue weighted by molar-refractivity contribution is 6.18. The molecule has 0 heterocycles. The quantitative estimate of drug-likeness (QED) is 0.350. The fourth-order valence-corrected chi connectivity index (χ4v) is 1.32. The fraction of sp³-hybridized carbons (Fsp3) is 0.300. The number of para-hydroxylation sites is 1. The van der Waals surface area contributed by atoms with E-state index >= 15 is 0 Å². The molecule has 0 radical (unpaired) electrons. The number of alkyl halides is 1. The van der Waals surface area contributed by atoms with Gasteiger partial charge in [-0.15, -0.1) is 11.6 Å². The molecular weight excluding hydrogens is 202 g/mol. The maximum absolute atomic E-state index is 9.49. The summed E-state index contributed by atoms with van der Waals surface area (Å²) in [6, 6.07) is 6.76. The fourth-order valence-electron chi connectivity index (χ4n) is 1.19. The third-order valence-electron chi connectivity index (χ3n) is 1.88. The Hall–Kier alpha value is -1.22. The summed E-state index contributed by atoms with van der Waals surface area (Å²) in [5, 5.41) is 21.4. The van der Waals surface area contributed by atoms with Crippen LogP contribution in [-0.2, 0) is 0 Å². The van der Waals surface area contributed by atoms with Crippen LogP contribution in [-0.4, -0.2) is 21.9 Å². The second-order valence-electron chi connectivity index (χ2n) is 2.86. The number of nitrogens with zero attached hydrogens (tertiary/aromatic N) is 1. The van der Waals surface area contributed by atoms with Crippen molar-refractivity contribution >= 4 is 17.3 Å². The minimum Gasteiger partial charge on any atom is -0.507 e. The summed E-state index contributed by atoms with van der Waals surface area (Å²) in [5.74, 6) is 0.627. The van der Waals surface area contributed by atoms with Gasteiger partial charge in [-0.1, -0.05) is 17.3 Å². The zero-order chi connectivity index (χ0) is 10.4. The number of rotatable bonds is 4. The van der Waals surface area contributed by atoms with Gasteiger partial charge >= 0.3 is 0 Å². The third kappa shape index (κ3) is 2.64. The molecule has 1 aromatic rings. The molecule has 2 N–H and O–H groups in total. The molecule has 0 saturated carbocycles. The summed E-state index contributed by atoms with van der Waals surface area (Å²) in [6.07, 6.45) is 1.27. The Labute approximate surface area is 87.6 Å². The van der Waals surface area contributed by atoms with E-state index < -0.39 is 0 Å². The van der Waals surface area contributed by atoms with Crippen LogP contribution in [0.4, 0.5) is 0 Å². The Morgan fingerprint density at radius 1 is 1.36 bits per heavy atom. The second kappa shape index (κ2) is 5.50. The lowest BCUT2D eigenvalue weighted by Crippen LogP contribution is -2.01. The average molecular weight is 214 g/mol. The molecule has 14 heavy (non-hydrogen) atoms. The molecule has 1 rings (SSSR count). The van der Waals surface area contributed by atoms with E-state index in [0.29, 0.717) is 23.6 Å². The maximum Gasteiger partial charge on any atom is 0.124 e. The Balaban J connectivity index is 2.85. The predicted octanol–water partition coefficient (Wildman–Crippen LogP) is 2.59. The van der Waals surface area contributed by atoms with Crippen molar-refractivity contribution in [2.24, 2.45) is 5.16 Å². The van der Waals surface area contributed by atoms with Gasteiger partial charge in [-0.25, -0.2) is 0 Å². The molecule has 0 fully saturated rings. The minimum atomic E-state index is 0.120. The monoisotopic (exact) mass is 213 g/mol. The van der Waals surface area contributed by atoms with Gasteiger partial charge in [-0.3, -0.25) is 0 Å². The molecule has 3 nitrogen and oxygen atoms in total. The smallest absolute Gasteiger partial charge is 0.124 e. The standard InChI is InChI=1S/C10H12ClNO2/c11-7-3-5-9(12-14)8-4-1-2-6-10(8)13/h1-2,4,6,13-14H,3,5,7H2/b12-9+. The van der Waals surface area contributed by atoms with E-state index in [9.17, 15) is 5.11 Å². The first kappa shape index (κ1) is 10.9. The highest BCUT2D eigenvalue weighted by atomic mass is 35.5. The molecule has 0 saturated heterocycles. The first-order valence-electron chi connectivity index (χ1n) is 4.35. The van der Waals surface area contributed by atoms with E-state index in [2.05, 4.69) is 5.16 Å². The van der Waals surface area contributed by atoms with Crippen molar-refractivity contribution in [3.63, 3.8) is 0 Å². The molecule has 0 aliphatic carbocycles. The molecule has 0 aliphatic heterocycles. The van der Waals surface area contributed by atoms with Crippen molar-refractivity contribution < 1.29 is 10.3 Å². The lowest BCUT2D eigenvalue weighted by Gasteiger charge is -2.05. The summed E-state index contributed by atoms with van der Waals surface area (Å²) in [6.45, 7) is 0. The first-order chi connectivity index (χ1) is 6.79. The molecule has 76 valence electrons. The van der Waals surface area contributed by atoms with Crippen molar-refractivity contribution in [2.75, 3.05) is 5.88 Å². The minimum absolute atomic E-state index is 0.120. The molecule has 0 unspecified atom stereocenters. The van der Waals surface area contributed by atoms with Crippen LogP contribution in [0.25, 0.3) is 0 Å². The average Bonchev–Trinajstić information content (AvgIpc) is 2.21. The number of aromatic hydroxyl groups is 1. The van der Waals surface area contributed by atoms with Crippen molar-refractivity contribution in [3.05, 3.63) is 29.8 Å². The number of hydrogen-bond acceptors (Lipinski definition) is 3. The van der Waals surface area contributed by atoms with Crippen LogP contribution in [0.15, 0.2) is 29.4 Å². The number of benzene rings is 1. The lowest BCUT2D eigenvalue weighted by atomic mass is 10.1. The summed E-state index contributed by atoms with van der Waals surface area (Å²) in [5.41, 5.74) is 1.02. The van der Waals surface area contributed by atoms with Gasteiger partial charge in [0.15, 0.2) is 0 Å². The summed E-state index contributed by atoms with van der Waals surface area (Å²) in [4.78, 5) is 0. The summed E-state index contributed by atoms with van der Waals surface area (Å²) >= 11 is 5.53. The zero-order valence-corrected chi connectivity index (χ0v) is 8.41. The second-order valence-corrected chi connectivity index (χ2v) is 3.23. The van der Waals surface area contributed by atoms with E-state index in [1.54, 1.807) is 24.3 Å². The third-order valence-corrected chi connectivity index (χ3v) is 2.15. The van der Waals surface area contributed by atoms with E-state index in [1.165, 1.54) is 0 Å². The van der Waals surface area contributed by atoms with Crippen LogP contribution >= 0.6 is 11.6 Å². The number of oxime groups is 1. The van der Waals surface area contributed by atoms with Gasteiger partial charge < -0.3 is 10.3 Å². The van der Waals surface area contributed by atoms with Gasteiger partial charge in [-0.2, -0.15) is 0 Å². The number of phenols is 1. The van der Waals surface area contributed by atoms with E-state index in [-0.39, 0.29) is 5.75 Å². The van der Waals surface area contributed by atoms with Gasteiger partial charge in [0, 0.05) is 11.4 Å². The van der Waals surface area contributed by atoms with Crippen LogP contribution in [0.1, 0.15) is 18.4 Å². The molecule has 0 aliphatic rings. The number of halogens is 1. The molecule has 4 heteroatoms. The maximum atomic E-state index is 9.49. The Morgan fingerprint density at radius 3 is 2.64 bits per heavy atom. The van der Waals surface area contributed by atoms with Crippen LogP contribution in [0, 0.1) is 0 Å². The van der Waals surface area contributed by atoms with E-state index in [0.717, 1.165) is 6.42 Å². The molecule has 0 amide bonds. The lowest BCUT2D eigenvalue weighted by molar-refractivity contribution is 0.317. The van der Waals surface area contributed by atoms with Crippen LogP contribution in [0.3, 0.4) is 0 Å². The van der Waals surface area contributed by atoms with Gasteiger partial charge in [0.25, 0.3) is 0 Å². The van der Waals surface area contributed by atoms with Crippen molar-refractivity contribution in [1.82, 2.24) is 0 Å². The van der Waals surface area contributed by atoms with Gasteiger partial charge in [-0.05, 0) is 25.0 Å². The van der Waals surface area contributed by atoms with Crippen LogP contribution < -0.4 is 0 Å². The highest BCUT2D eigenvalue weighted by Gasteiger charge is 2.07. The predicted molar refractivity (Wildman–Crippen MR) is 56.4 cm³/mol. The molecule has 0 spiro atoms. The SMILES string of the molecule is O/N=C(\CCCCl)c1ccccc1O. The van der Waals surface area contributed by atoms with E-state index in [4.69, 9.17) is 16.8 Å². The number of hydrogen-bond donors (Lipinski definition) is 2. The van der Waals surface area contributed by atoms with Gasteiger partial charge in [0.2, 0.25) is 0 Å². The largest absolute Gasteiger partial charge is 0.507 e. The normalized spacial score (nSPS) is 11.6. The zero-order valence-electron chi connectivity index (χ0n) is 7.65. The molecule has 0 bridgehead atoms. The highest BCUT2D eigenvalue weighted by Crippen LogP contribution is 2.18. The number of phenolic OH excluding ortho intramolecular Hbond substituents is 1. The molecule has 0 aromatic heterocycles.